The maximum Gasteiger partial charge on any atom is 0.337 e. The van der Waals surface area contributed by atoms with Gasteiger partial charge in [-0.05, 0) is 6.07 Å². The first-order valence-electron chi connectivity index (χ1n) is 5.29. The van der Waals surface area contributed by atoms with E-state index in [0.29, 0.717) is 5.56 Å². The fraction of sp³-hybridized carbons (Fsp3) is 0.250. The van der Waals surface area contributed by atoms with Crippen LogP contribution in [0.2, 0.25) is 0 Å². The van der Waals surface area contributed by atoms with Crippen molar-refractivity contribution in [1.29, 1.82) is 0 Å². The van der Waals surface area contributed by atoms with Crippen LogP contribution >= 0.6 is 18.9 Å². The van der Waals surface area contributed by atoms with Gasteiger partial charge < -0.3 is 9.05 Å². The summed E-state index contributed by atoms with van der Waals surface area (Å²) in [5.74, 6) is -0.223. The molecule has 2 rings (SSSR count). The normalized spacial score (nSPS) is 11.9. The number of ketones is 1. The van der Waals surface area contributed by atoms with Crippen LogP contribution in [0, 0.1) is 0 Å². The van der Waals surface area contributed by atoms with E-state index in [1.54, 1.807) is 5.38 Å². The average Bonchev–Trinajstić information content (AvgIpc) is 2.82. The molecule has 4 nitrogen and oxygen atoms in total. The zero-order valence-electron chi connectivity index (χ0n) is 10.1. The molecule has 0 N–H and O–H groups in total. The highest BCUT2D eigenvalue weighted by Crippen LogP contribution is 2.47. The summed E-state index contributed by atoms with van der Waals surface area (Å²) in [6.07, 6.45) is -0.235. The van der Waals surface area contributed by atoms with Crippen LogP contribution in [0.25, 0.3) is 10.1 Å². The molecule has 0 aliphatic heterocycles. The molecule has 96 valence electrons. The van der Waals surface area contributed by atoms with Gasteiger partial charge in [0.15, 0.2) is 5.78 Å². The van der Waals surface area contributed by atoms with Gasteiger partial charge in [-0.1, -0.05) is 18.2 Å². The van der Waals surface area contributed by atoms with E-state index >= 15 is 0 Å². The van der Waals surface area contributed by atoms with Crippen LogP contribution in [0.1, 0.15) is 10.4 Å². The van der Waals surface area contributed by atoms with Crippen molar-refractivity contribution in [2.75, 3.05) is 20.4 Å². The van der Waals surface area contributed by atoms with Crippen LogP contribution in [-0.2, 0) is 13.6 Å². The molecule has 1 aromatic carbocycles. The highest BCUT2D eigenvalue weighted by molar-refractivity contribution is 7.54. The van der Waals surface area contributed by atoms with Crippen LogP contribution in [0.4, 0.5) is 0 Å². The Morgan fingerprint density at radius 1 is 1.28 bits per heavy atom. The molecule has 0 amide bonds. The Bertz CT molecular complexity index is 611. The van der Waals surface area contributed by atoms with Gasteiger partial charge in [0.2, 0.25) is 0 Å². The van der Waals surface area contributed by atoms with E-state index < -0.39 is 7.60 Å². The number of carbonyl (C=O) groups is 1. The fourth-order valence-corrected chi connectivity index (χ4v) is 3.55. The van der Waals surface area contributed by atoms with Crippen molar-refractivity contribution in [2.45, 2.75) is 0 Å². The van der Waals surface area contributed by atoms with Crippen molar-refractivity contribution < 1.29 is 18.4 Å². The van der Waals surface area contributed by atoms with Crippen molar-refractivity contribution in [3.63, 3.8) is 0 Å². The standard InChI is InChI=1S/C12H13O4PS/c1-15-17(14,16-2)7-11(13)10-8-18-12-6-4-3-5-9(10)12/h3-6,8H,7H2,1-2H3. The maximum atomic E-state index is 12.1. The Balaban J connectivity index is 2.32. The molecule has 0 atom stereocenters. The van der Waals surface area contributed by atoms with Gasteiger partial charge in [0, 0.05) is 35.2 Å². The molecule has 0 aliphatic rings. The number of rotatable bonds is 5. The van der Waals surface area contributed by atoms with Crippen molar-refractivity contribution in [3.05, 3.63) is 35.2 Å². The summed E-state index contributed by atoms with van der Waals surface area (Å²) in [7, 11) is -0.739. The first-order valence-corrected chi connectivity index (χ1v) is 7.90. The number of hydrogen-bond acceptors (Lipinski definition) is 5. The molecule has 0 aliphatic carbocycles. The van der Waals surface area contributed by atoms with Crippen LogP contribution in [0.3, 0.4) is 0 Å². The van der Waals surface area contributed by atoms with E-state index in [1.165, 1.54) is 25.6 Å². The minimum Gasteiger partial charge on any atom is -0.312 e. The largest absolute Gasteiger partial charge is 0.337 e. The number of benzene rings is 1. The lowest BCUT2D eigenvalue weighted by Gasteiger charge is -2.12. The molecule has 0 spiro atoms. The summed E-state index contributed by atoms with van der Waals surface area (Å²) < 4.78 is 22.5. The molecule has 1 heterocycles. The lowest BCUT2D eigenvalue weighted by Crippen LogP contribution is -2.07. The molecule has 0 saturated heterocycles. The SMILES string of the molecule is COP(=O)(CC(=O)c1csc2ccccc12)OC. The highest BCUT2D eigenvalue weighted by Gasteiger charge is 2.27. The van der Waals surface area contributed by atoms with Gasteiger partial charge >= 0.3 is 7.60 Å². The van der Waals surface area contributed by atoms with Crippen molar-refractivity contribution in [1.82, 2.24) is 0 Å². The predicted molar refractivity (Wildman–Crippen MR) is 72.6 cm³/mol. The minimum absolute atomic E-state index is 0.223. The van der Waals surface area contributed by atoms with Crippen molar-refractivity contribution in [3.8, 4) is 0 Å². The van der Waals surface area contributed by atoms with E-state index in [1.807, 2.05) is 24.3 Å². The summed E-state index contributed by atoms with van der Waals surface area (Å²) in [5.41, 5.74) is 0.574. The van der Waals surface area contributed by atoms with E-state index in [9.17, 15) is 9.36 Å². The molecule has 0 saturated carbocycles. The van der Waals surface area contributed by atoms with Gasteiger partial charge in [-0.2, -0.15) is 0 Å². The van der Waals surface area contributed by atoms with Crippen LogP contribution in [0.15, 0.2) is 29.6 Å². The molecule has 1 aromatic heterocycles. The lowest BCUT2D eigenvalue weighted by atomic mass is 10.1. The fourth-order valence-electron chi connectivity index (χ4n) is 1.66. The van der Waals surface area contributed by atoms with Crippen molar-refractivity contribution in [2.24, 2.45) is 0 Å². The zero-order chi connectivity index (χ0) is 13.2. The summed E-state index contributed by atoms with van der Waals surface area (Å²) in [6.45, 7) is 0. The molecule has 6 heteroatoms. The molecule has 0 fully saturated rings. The van der Waals surface area contributed by atoms with Crippen LogP contribution in [-0.4, -0.2) is 26.2 Å². The summed E-state index contributed by atoms with van der Waals surface area (Å²) in [6, 6.07) is 7.62. The lowest BCUT2D eigenvalue weighted by molar-refractivity contribution is 0.101. The van der Waals surface area contributed by atoms with Gasteiger partial charge in [0.05, 0.1) is 0 Å². The summed E-state index contributed by atoms with van der Waals surface area (Å²) >= 11 is 1.49. The topological polar surface area (TPSA) is 52.6 Å². The number of fused-ring (bicyclic) bond motifs is 1. The third kappa shape index (κ3) is 2.54. The Hall–Kier alpha value is -1.00. The monoisotopic (exact) mass is 284 g/mol. The molecule has 0 bridgehead atoms. The van der Waals surface area contributed by atoms with Gasteiger partial charge in [-0.25, -0.2) is 0 Å². The number of thiophene rings is 1. The van der Waals surface area contributed by atoms with E-state index in [-0.39, 0.29) is 11.9 Å². The first kappa shape index (κ1) is 13.4. The quantitative estimate of drug-likeness (QED) is 0.622. The van der Waals surface area contributed by atoms with Gasteiger partial charge in [0.1, 0.15) is 6.16 Å². The minimum atomic E-state index is -3.30. The Labute approximate surface area is 109 Å². The molecule has 0 unspecified atom stereocenters. The van der Waals surface area contributed by atoms with Gasteiger partial charge in [-0.3, -0.25) is 9.36 Å². The van der Waals surface area contributed by atoms with Crippen LogP contribution < -0.4 is 0 Å². The summed E-state index contributed by atoms with van der Waals surface area (Å²) in [4.78, 5) is 12.1. The molecule has 18 heavy (non-hydrogen) atoms. The van der Waals surface area contributed by atoms with E-state index in [0.717, 1.165) is 10.1 Å². The second kappa shape index (κ2) is 5.33. The van der Waals surface area contributed by atoms with E-state index in [2.05, 4.69) is 0 Å². The first-order chi connectivity index (χ1) is 8.59. The van der Waals surface area contributed by atoms with Crippen molar-refractivity contribution >= 4 is 34.8 Å². The molecule has 2 aromatic rings. The Morgan fingerprint density at radius 2 is 1.94 bits per heavy atom. The van der Waals surface area contributed by atoms with Crippen LogP contribution in [0.5, 0.6) is 0 Å². The number of carbonyl (C=O) groups excluding carboxylic acids is 1. The third-order valence-electron chi connectivity index (χ3n) is 2.67. The third-order valence-corrected chi connectivity index (χ3v) is 5.43. The maximum absolute atomic E-state index is 12.1. The molecular weight excluding hydrogens is 271 g/mol. The Morgan fingerprint density at radius 3 is 2.61 bits per heavy atom. The number of hydrogen-bond donors (Lipinski definition) is 0. The summed E-state index contributed by atoms with van der Waals surface area (Å²) in [5, 5.41) is 2.66. The van der Waals surface area contributed by atoms with E-state index in [4.69, 9.17) is 9.05 Å². The highest BCUT2D eigenvalue weighted by atomic mass is 32.1. The average molecular weight is 284 g/mol. The molecular formula is C12H13O4PS. The Kier molecular flexibility index (Phi) is 3.97. The predicted octanol–water partition coefficient (Wildman–Crippen LogP) is 3.57. The second-order valence-electron chi connectivity index (χ2n) is 3.70. The number of Topliss-reactive ketones (excluding diaryl/α,β-unsaturated/α-hetero) is 1. The molecule has 0 radical (unpaired) electrons. The smallest absolute Gasteiger partial charge is 0.312 e. The van der Waals surface area contributed by atoms with Gasteiger partial charge in [0.25, 0.3) is 0 Å². The van der Waals surface area contributed by atoms with Gasteiger partial charge in [-0.15, -0.1) is 11.3 Å². The zero-order valence-corrected chi connectivity index (χ0v) is 11.8. The second-order valence-corrected chi connectivity index (χ2v) is 6.88.